The SMILES string of the molecule is Nc1c(C=O)cnc(C(F)F)c1Cl. The maximum absolute atomic E-state index is 12.2. The van der Waals surface area contributed by atoms with Crippen molar-refractivity contribution in [2.24, 2.45) is 0 Å². The molecule has 0 aliphatic heterocycles. The van der Waals surface area contributed by atoms with Crippen LogP contribution in [-0.4, -0.2) is 11.3 Å². The molecule has 70 valence electrons. The van der Waals surface area contributed by atoms with Crippen molar-refractivity contribution in [3.8, 4) is 0 Å². The van der Waals surface area contributed by atoms with E-state index in [0.29, 0.717) is 6.29 Å². The number of aromatic nitrogens is 1. The van der Waals surface area contributed by atoms with Gasteiger partial charge < -0.3 is 5.73 Å². The lowest BCUT2D eigenvalue weighted by Crippen LogP contribution is -2.00. The summed E-state index contributed by atoms with van der Waals surface area (Å²) in [6.45, 7) is 0. The molecule has 0 saturated carbocycles. The van der Waals surface area contributed by atoms with Gasteiger partial charge in [0.2, 0.25) is 0 Å². The van der Waals surface area contributed by atoms with Crippen LogP contribution in [0.15, 0.2) is 6.20 Å². The Balaban J connectivity index is 3.31. The van der Waals surface area contributed by atoms with Gasteiger partial charge in [-0.2, -0.15) is 0 Å². The van der Waals surface area contributed by atoms with Crippen LogP contribution in [0, 0.1) is 0 Å². The smallest absolute Gasteiger partial charge is 0.281 e. The number of halogens is 3. The van der Waals surface area contributed by atoms with Gasteiger partial charge in [-0.25, -0.2) is 8.78 Å². The van der Waals surface area contributed by atoms with E-state index in [1.807, 2.05) is 0 Å². The molecule has 0 unspecified atom stereocenters. The molecule has 2 N–H and O–H groups in total. The number of carbonyl (C=O) groups excluding carboxylic acids is 1. The number of alkyl halides is 2. The van der Waals surface area contributed by atoms with Crippen LogP contribution >= 0.6 is 11.6 Å². The van der Waals surface area contributed by atoms with Crippen molar-refractivity contribution in [1.82, 2.24) is 4.98 Å². The fourth-order valence-electron chi connectivity index (χ4n) is 0.776. The maximum Gasteiger partial charge on any atom is 0.281 e. The van der Waals surface area contributed by atoms with Crippen LogP contribution in [0.3, 0.4) is 0 Å². The average Bonchev–Trinajstić information content (AvgIpc) is 2.09. The summed E-state index contributed by atoms with van der Waals surface area (Å²) in [5.41, 5.74) is 4.53. The van der Waals surface area contributed by atoms with Crippen LogP contribution in [0.5, 0.6) is 0 Å². The second kappa shape index (κ2) is 3.66. The van der Waals surface area contributed by atoms with Crippen molar-refractivity contribution in [3.05, 3.63) is 22.5 Å². The van der Waals surface area contributed by atoms with Gasteiger partial charge in [-0.1, -0.05) is 11.6 Å². The molecule has 0 bridgehead atoms. The predicted molar refractivity (Wildman–Crippen MR) is 44.0 cm³/mol. The molecule has 1 heterocycles. The number of nitrogen functional groups attached to an aromatic ring is 1. The maximum atomic E-state index is 12.2. The zero-order valence-electron chi connectivity index (χ0n) is 6.30. The predicted octanol–water partition coefficient (Wildman–Crippen LogP) is 2.07. The number of rotatable bonds is 2. The van der Waals surface area contributed by atoms with Gasteiger partial charge in [-0.15, -0.1) is 0 Å². The Hall–Kier alpha value is -1.23. The molecule has 0 atom stereocenters. The van der Waals surface area contributed by atoms with Crippen molar-refractivity contribution in [2.45, 2.75) is 6.43 Å². The molecule has 0 saturated heterocycles. The minimum atomic E-state index is -2.80. The molecular formula is C7H5ClF2N2O. The minimum absolute atomic E-state index is 0.00870. The standard InChI is InChI=1S/C7H5ClF2N2O/c8-4-5(11)3(2-13)1-12-6(4)7(9)10/h1-2,7H,(H2,11,12). The Morgan fingerprint density at radius 3 is 2.69 bits per heavy atom. The van der Waals surface area contributed by atoms with Gasteiger partial charge in [0.1, 0.15) is 5.69 Å². The highest BCUT2D eigenvalue weighted by Gasteiger charge is 2.17. The van der Waals surface area contributed by atoms with E-state index < -0.39 is 12.1 Å². The second-order valence-electron chi connectivity index (χ2n) is 2.24. The van der Waals surface area contributed by atoms with E-state index in [2.05, 4.69) is 4.98 Å². The summed E-state index contributed by atoms with van der Waals surface area (Å²) in [5, 5.41) is -0.361. The molecule has 1 aromatic heterocycles. The van der Waals surface area contributed by atoms with Crippen molar-refractivity contribution in [2.75, 3.05) is 5.73 Å². The molecule has 0 spiro atoms. The first kappa shape index (κ1) is 9.85. The number of aldehydes is 1. The molecule has 0 aromatic carbocycles. The van der Waals surface area contributed by atoms with Crippen LogP contribution in [-0.2, 0) is 0 Å². The van der Waals surface area contributed by atoms with Crippen LogP contribution < -0.4 is 5.73 Å². The average molecular weight is 207 g/mol. The van der Waals surface area contributed by atoms with Gasteiger partial charge >= 0.3 is 0 Å². The number of hydrogen-bond acceptors (Lipinski definition) is 3. The summed E-state index contributed by atoms with van der Waals surface area (Å²) in [7, 11) is 0. The largest absolute Gasteiger partial charge is 0.397 e. The topological polar surface area (TPSA) is 56.0 Å². The molecule has 0 radical (unpaired) electrons. The summed E-state index contributed by atoms with van der Waals surface area (Å²) < 4.78 is 24.3. The van der Waals surface area contributed by atoms with Crippen LogP contribution in [0.25, 0.3) is 0 Å². The van der Waals surface area contributed by atoms with Crippen molar-refractivity contribution in [3.63, 3.8) is 0 Å². The van der Waals surface area contributed by atoms with Crippen molar-refractivity contribution >= 4 is 23.6 Å². The van der Waals surface area contributed by atoms with Gasteiger partial charge in [0.15, 0.2) is 6.29 Å². The van der Waals surface area contributed by atoms with Crippen molar-refractivity contribution in [1.29, 1.82) is 0 Å². The van der Waals surface area contributed by atoms with E-state index in [4.69, 9.17) is 17.3 Å². The quantitative estimate of drug-likeness (QED) is 0.754. The van der Waals surface area contributed by atoms with E-state index >= 15 is 0 Å². The monoisotopic (exact) mass is 206 g/mol. The number of hydrogen-bond donors (Lipinski definition) is 1. The van der Waals surface area contributed by atoms with E-state index in [-0.39, 0.29) is 16.3 Å². The number of nitrogens with two attached hydrogens (primary N) is 1. The number of pyridine rings is 1. The molecule has 0 aliphatic carbocycles. The molecule has 1 rings (SSSR count). The number of anilines is 1. The summed E-state index contributed by atoms with van der Waals surface area (Å²) >= 11 is 5.45. The number of nitrogens with zero attached hydrogens (tertiary/aromatic N) is 1. The van der Waals surface area contributed by atoms with E-state index in [1.54, 1.807) is 0 Å². The molecule has 1 aromatic rings. The lowest BCUT2D eigenvalue weighted by atomic mass is 10.2. The molecular weight excluding hydrogens is 202 g/mol. The zero-order valence-corrected chi connectivity index (χ0v) is 7.05. The van der Waals surface area contributed by atoms with Gasteiger partial charge in [0.25, 0.3) is 6.43 Å². The summed E-state index contributed by atoms with van der Waals surface area (Å²) in [5.74, 6) is 0. The first-order valence-electron chi connectivity index (χ1n) is 3.25. The third kappa shape index (κ3) is 1.75. The second-order valence-corrected chi connectivity index (χ2v) is 2.62. The first-order valence-corrected chi connectivity index (χ1v) is 3.63. The van der Waals surface area contributed by atoms with Gasteiger partial charge in [-0.05, 0) is 0 Å². The third-order valence-electron chi connectivity index (χ3n) is 1.45. The zero-order chi connectivity index (χ0) is 10.0. The van der Waals surface area contributed by atoms with E-state index in [0.717, 1.165) is 6.20 Å². The van der Waals surface area contributed by atoms with E-state index in [1.165, 1.54) is 0 Å². The number of carbonyl (C=O) groups is 1. The van der Waals surface area contributed by atoms with E-state index in [9.17, 15) is 13.6 Å². The normalized spacial score (nSPS) is 10.5. The van der Waals surface area contributed by atoms with Crippen LogP contribution in [0.2, 0.25) is 5.02 Å². The fraction of sp³-hybridized carbons (Fsp3) is 0.143. The molecule has 3 nitrogen and oxygen atoms in total. The van der Waals surface area contributed by atoms with Crippen LogP contribution in [0.4, 0.5) is 14.5 Å². The molecule has 6 heteroatoms. The summed E-state index contributed by atoms with van der Waals surface area (Å²) in [6, 6.07) is 0. The summed E-state index contributed by atoms with van der Waals surface area (Å²) in [6.07, 6.45) is -1.42. The molecule has 0 aliphatic rings. The lowest BCUT2D eigenvalue weighted by molar-refractivity contribution is 0.112. The Labute approximate surface area is 77.5 Å². The Kier molecular flexibility index (Phi) is 2.77. The molecule has 13 heavy (non-hydrogen) atoms. The van der Waals surface area contributed by atoms with Gasteiger partial charge in [0.05, 0.1) is 16.3 Å². The Morgan fingerprint density at radius 2 is 2.23 bits per heavy atom. The molecule has 0 amide bonds. The highest BCUT2D eigenvalue weighted by molar-refractivity contribution is 6.34. The highest BCUT2D eigenvalue weighted by Crippen LogP contribution is 2.30. The lowest BCUT2D eigenvalue weighted by Gasteiger charge is -2.05. The van der Waals surface area contributed by atoms with Gasteiger partial charge in [0, 0.05) is 6.20 Å². The molecule has 0 fully saturated rings. The third-order valence-corrected chi connectivity index (χ3v) is 1.85. The Bertz CT molecular complexity index is 344. The Morgan fingerprint density at radius 1 is 1.62 bits per heavy atom. The summed E-state index contributed by atoms with van der Waals surface area (Å²) in [4.78, 5) is 13.6. The van der Waals surface area contributed by atoms with Crippen molar-refractivity contribution < 1.29 is 13.6 Å². The van der Waals surface area contributed by atoms with Gasteiger partial charge in [-0.3, -0.25) is 9.78 Å². The van der Waals surface area contributed by atoms with Crippen LogP contribution in [0.1, 0.15) is 22.5 Å². The highest BCUT2D eigenvalue weighted by atomic mass is 35.5. The first-order chi connectivity index (χ1) is 6.07. The minimum Gasteiger partial charge on any atom is -0.397 e. The fourth-order valence-corrected chi connectivity index (χ4v) is 1.02.